The molecule has 1 amide bonds. The number of carbonyl (C=O) groups excluding carboxylic acids is 2. The fourth-order valence-corrected chi connectivity index (χ4v) is 3.36. The topological polar surface area (TPSA) is 78.5 Å². The Morgan fingerprint density at radius 1 is 1.14 bits per heavy atom. The molecule has 0 spiro atoms. The number of hydrogen-bond acceptors (Lipinski definition) is 4. The molecule has 2 bridgehead atoms. The summed E-state index contributed by atoms with van der Waals surface area (Å²) in [6.07, 6.45) is 0.746. The van der Waals surface area contributed by atoms with Crippen molar-refractivity contribution in [3.8, 4) is 0 Å². The number of carboxylic acids is 1. The summed E-state index contributed by atoms with van der Waals surface area (Å²) in [4.78, 5) is 23.7. The van der Waals surface area contributed by atoms with Crippen LogP contribution < -0.4 is 10.4 Å². The zero-order valence-electron chi connectivity index (χ0n) is 12.1. The molecule has 112 valence electrons. The molecular weight excluding hydrogens is 270 g/mol. The summed E-state index contributed by atoms with van der Waals surface area (Å²) in [5.41, 5.74) is 2.90. The minimum absolute atomic E-state index is 0.292. The molecule has 2 aliphatic heterocycles. The number of anilines is 1. The van der Waals surface area contributed by atoms with Crippen molar-refractivity contribution < 1.29 is 19.4 Å². The second kappa shape index (κ2) is 5.15. The van der Waals surface area contributed by atoms with Crippen LogP contribution in [-0.2, 0) is 14.3 Å². The zero-order valence-corrected chi connectivity index (χ0v) is 12.1. The molecule has 3 rings (SSSR count). The average molecular weight is 288 g/mol. The van der Waals surface area contributed by atoms with E-state index in [1.807, 2.05) is 32.0 Å². The van der Waals surface area contributed by atoms with Gasteiger partial charge in [-0.15, -0.1) is 0 Å². The predicted octanol–water partition coefficient (Wildman–Crippen LogP) is 0.785. The summed E-state index contributed by atoms with van der Waals surface area (Å²) in [7, 11) is 0. The second-order valence-electron chi connectivity index (χ2n) is 5.95. The Bertz CT molecular complexity index is 598. The van der Waals surface area contributed by atoms with Crippen molar-refractivity contribution in [2.45, 2.75) is 38.9 Å². The van der Waals surface area contributed by atoms with Gasteiger partial charge in [-0.2, -0.15) is 0 Å². The van der Waals surface area contributed by atoms with Gasteiger partial charge in [0.15, 0.2) is 0 Å². The molecule has 4 atom stereocenters. The molecule has 0 saturated carbocycles. The molecule has 0 aromatic heterocycles. The van der Waals surface area contributed by atoms with Crippen LogP contribution in [0.2, 0.25) is 0 Å². The standard InChI is InChI=1S/C16H19NO4/c1-8-3-4-10(7-9(8)2)17-15(18)13-11-5-6-12(21-11)14(13)16(19)20/h3-4,7,11-14H,5-6H2,1-2H3,(H,17,18)(H,19,20)/p-1/t11-,12+,13+,14-/m0/s1. The van der Waals surface area contributed by atoms with Gasteiger partial charge in [0.25, 0.3) is 0 Å². The van der Waals surface area contributed by atoms with Crippen molar-refractivity contribution in [1.29, 1.82) is 0 Å². The Hall–Kier alpha value is -1.88. The van der Waals surface area contributed by atoms with Crippen molar-refractivity contribution in [1.82, 2.24) is 0 Å². The van der Waals surface area contributed by atoms with E-state index in [9.17, 15) is 14.7 Å². The van der Waals surface area contributed by atoms with Crippen LogP contribution in [0.4, 0.5) is 5.69 Å². The fourth-order valence-electron chi connectivity index (χ4n) is 3.36. The van der Waals surface area contributed by atoms with Crippen LogP contribution in [0, 0.1) is 25.7 Å². The van der Waals surface area contributed by atoms with Crippen LogP contribution in [-0.4, -0.2) is 24.1 Å². The lowest BCUT2D eigenvalue weighted by Gasteiger charge is -2.27. The fraction of sp³-hybridized carbons (Fsp3) is 0.500. The third-order valence-corrected chi connectivity index (χ3v) is 4.62. The summed E-state index contributed by atoms with van der Waals surface area (Å²) in [6, 6.07) is 5.64. The molecule has 5 nitrogen and oxygen atoms in total. The minimum Gasteiger partial charge on any atom is -0.550 e. The van der Waals surface area contributed by atoms with Crippen LogP contribution in [0.1, 0.15) is 24.0 Å². The molecule has 2 heterocycles. The van der Waals surface area contributed by atoms with E-state index in [4.69, 9.17) is 4.74 Å². The maximum atomic E-state index is 12.4. The molecule has 0 aliphatic carbocycles. The lowest BCUT2D eigenvalue weighted by molar-refractivity contribution is -0.313. The van der Waals surface area contributed by atoms with Gasteiger partial charge in [0, 0.05) is 17.6 Å². The summed E-state index contributed by atoms with van der Waals surface area (Å²) >= 11 is 0. The van der Waals surface area contributed by atoms with Crippen LogP contribution in [0.15, 0.2) is 18.2 Å². The van der Waals surface area contributed by atoms with E-state index in [2.05, 4.69) is 5.32 Å². The monoisotopic (exact) mass is 288 g/mol. The molecule has 2 saturated heterocycles. The maximum Gasteiger partial charge on any atom is 0.230 e. The highest BCUT2D eigenvalue weighted by atomic mass is 16.5. The highest BCUT2D eigenvalue weighted by molar-refractivity contribution is 5.96. The highest BCUT2D eigenvalue weighted by Gasteiger charge is 2.52. The SMILES string of the molecule is Cc1ccc(NC(=O)[C@H]2[C@@H](C(=O)[O-])[C@H]3CC[C@@H]2O3)cc1C. The molecule has 0 unspecified atom stereocenters. The number of aryl methyl sites for hydroxylation is 2. The number of nitrogens with one attached hydrogen (secondary N) is 1. The Morgan fingerprint density at radius 3 is 2.43 bits per heavy atom. The number of fused-ring (bicyclic) bond motifs is 2. The number of carbonyl (C=O) groups is 2. The molecule has 2 fully saturated rings. The summed E-state index contributed by atoms with van der Waals surface area (Å²) < 4.78 is 5.58. The van der Waals surface area contributed by atoms with E-state index in [0.29, 0.717) is 12.1 Å². The van der Waals surface area contributed by atoms with Crippen LogP contribution in [0.5, 0.6) is 0 Å². The Balaban J connectivity index is 1.78. The number of ether oxygens (including phenoxy) is 1. The van der Waals surface area contributed by atoms with Crippen LogP contribution in [0.3, 0.4) is 0 Å². The Kier molecular flexibility index (Phi) is 3.45. The van der Waals surface area contributed by atoms with Gasteiger partial charge >= 0.3 is 0 Å². The number of aliphatic carboxylic acids is 1. The van der Waals surface area contributed by atoms with Crippen molar-refractivity contribution in [3.05, 3.63) is 29.3 Å². The Labute approximate surface area is 123 Å². The lowest BCUT2D eigenvalue weighted by atomic mass is 9.78. The first kappa shape index (κ1) is 14.1. The van der Waals surface area contributed by atoms with Crippen molar-refractivity contribution in [3.63, 3.8) is 0 Å². The van der Waals surface area contributed by atoms with Crippen LogP contribution in [0.25, 0.3) is 0 Å². The molecule has 1 aromatic carbocycles. The van der Waals surface area contributed by atoms with Gasteiger partial charge in [-0.3, -0.25) is 4.79 Å². The quantitative estimate of drug-likeness (QED) is 0.891. The van der Waals surface area contributed by atoms with E-state index in [1.54, 1.807) is 0 Å². The number of benzene rings is 1. The number of rotatable bonds is 3. The van der Waals surface area contributed by atoms with Gasteiger partial charge in [0.2, 0.25) is 5.91 Å². The average Bonchev–Trinajstić information content (AvgIpc) is 3.03. The number of carboxylic acid groups (broad SMARTS) is 1. The smallest absolute Gasteiger partial charge is 0.230 e. The van der Waals surface area contributed by atoms with Gasteiger partial charge in [-0.05, 0) is 49.9 Å². The number of amides is 1. The van der Waals surface area contributed by atoms with Gasteiger partial charge in [0.1, 0.15) is 0 Å². The van der Waals surface area contributed by atoms with Crippen LogP contribution >= 0.6 is 0 Å². The highest BCUT2D eigenvalue weighted by Crippen LogP contribution is 2.43. The normalized spacial score (nSPS) is 30.4. The first-order chi connectivity index (χ1) is 9.97. The first-order valence-electron chi connectivity index (χ1n) is 7.22. The van der Waals surface area contributed by atoms with E-state index >= 15 is 0 Å². The molecule has 0 radical (unpaired) electrons. The summed E-state index contributed by atoms with van der Waals surface area (Å²) in [5.74, 6) is -2.98. The molecule has 5 heteroatoms. The molecule has 2 aliphatic rings. The second-order valence-corrected chi connectivity index (χ2v) is 5.95. The summed E-state index contributed by atoms with van der Waals surface area (Å²) in [6.45, 7) is 3.96. The predicted molar refractivity (Wildman–Crippen MR) is 74.4 cm³/mol. The van der Waals surface area contributed by atoms with Crippen molar-refractivity contribution in [2.24, 2.45) is 11.8 Å². The van der Waals surface area contributed by atoms with Crippen molar-refractivity contribution in [2.75, 3.05) is 5.32 Å². The molecule has 1 N–H and O–H groups in total. The third kappa shape index (κ3) is 2.42. The van der Waals surface area contributed by atoms with E-state index in [-0.39, 0.29) is 18.1 Å². The zero-order chi connectivity index (χ0) is 15.1. The summed E-state index contributed by atoms with van der Waals surface area (Å²) in [5, 5.41) is 14.1. The minimum atomic E-state index is -1.19. The largest absolute Gasteiger partial charge is 0.550 e. The Morgan fingerprint density at radius 2 is 1.81 bits per heavy atom. The van der Waals surface area contributed by atoms with Gasteiger partial charge < -0.3 is 20.0 Å². The molecular formula is C16H18NO4-. The van der Waals surface area contributed by atoms with Gasteiger partial charge in [0.05, 0.1) is 18.1 Å². The number of hydrogen-bond donors (Lipinski definition) is 1. The van der Waals surface area contributed by atoms with E-state index in [0.717, 1.165) is 17.5 Å². The van der Waals surface area contributed by atoms with E-state index in [1.165, 1.54) is 0 Å². The third-order valence-electron chi connectivity index (χ3n) is 4.62. The molecule has 1 aromatic rings. The van der Waals surface area contributed by atoms with Gasteiger partial charge in [-0.1, -0.05) is 6.07 Å². The van der Waals surface area contributed by atoms with E-state index < -0.39 is 17.8 Å². The first-order valence-corrected chi connectivity index (χ1v) is 7.22. The lowest BCUT2D eigenvalue weighted by Crippen LogP contribution is -2.46. The maximum absolute atomic E-state index is 12.4. The van der Waals surface area contributed by atoms with Crippen molar-refractivity contribution >= 4 is 17.6 Å². The molecule has 21 heavy (non-hydrogen) atoms. The van der Waals surface area contributed by atoms with Gasteiger partial charge in [-0.25, -0.2) is 0 Å².